The van der Waals surface area contributed by atoms with E-state index < -0.39 is 0 Å². The summed E-state index contributed by atoms with van der Waals surface area (Å²) in [5.74, 6) is 1.56. The Kier molecular flexibility index (Phi) is 5.10. The minimum absolute atomic E-state index is 0.145. The number of hydrogen-bond donors (Lipinski definition) is 2. The van der Waals surface area contributed by atoms with Gasteiger partial charge >= 0.3 is 0 Å². The highest BCUT2D eigenvalue weighted by atomic mass is 16.5. The van der Waals surface area contributed by atoms with Crippen molar-refractivity contribution in [1.82, 2.24) is 25.5 Å². The molecule has 2 rings (SSSR count). The van der Waals surface area contributed by atoms with Crippen LogP contribution < -0.4 is 15.8 Å². The van der Waals surface area contributed by atoms with Crippen LogP contribution >= 0.6 is 0 Å². The third-order valence-corrected chi connectivity index (χ3v) is 3.31. The van der Waals surface area contributed by atoms with Gasteiger partial charge < -0.3 is 15.8 Å². The van der Waals surface area contributed by atoms with Crippen molar-refractivity contribution in [2.45, 2.75) is 32.4 Å². The lowest BCUT2D eigenvalue weighted by molar-refractivity contribution is 0.325. The summed E-state index contributed by atoms with van der Waals surface area (Å²) in [5, 5.41) is 15.6. The predicted molar refractivity (Wildman–Crippen MR) is 84.7 cm³/mol. The summed E-state index contributed by atoms with van der Waals surface area (Å²) in [4.78, 5) is 0. The van der Waals surface area contributed by atoms with Crippen LogP contribution in [0, 0.1) is 0 Å². The van der Waals surface area contributed by atoms with Crippen LogP contribution in [0.15, 0.2) is 24.3 Å². The van der Waals surface area contributed by atoms with Crippen LogP contribution in [0.1, 0.15) is 38.2 Å². The zero-order valence-corrected chi connectivity index (χ0v) is 13.6. The standard InChI is InChI=1S/C15H24N6O/c1-15(2,3)21-14(18-19-20-21)13(17-9-8-16)11-6-5-7-12(10-11)22-4/h5-7,10,13,17H,8-9,16H2,1-4H3. The van der Waals surface area contributed by atoms with Crippen LogP contribution in [0.5, 0.6) is 5.75 Å². The molecule has 7 heteroatoms. The number of benzene rings is 1. The average Bonchev–Trinajstić information content (AvgIpc) is 2.97. The maximum Gasteiger partial charge on any atom is 0.173 e. The molecule has 1 aromatic carbocycles. The van der Waals surface area contributed by atoms with Crippen molar-refractivity contribution in [2.75, 3.05) is 20.2 Å². The largest absolute Gasteiger partial charge is 0.497 e. The lowest BCUT2D eigenvalue weighted by Gasteiger charge is -2.25. The number of tetrazole rings is 1. The second-order valence-electron chi connectivity index (χ2n) is 6.07. The Hall–Kier alpha value is -1.99. The molecule has 1 atom stereocenters. The first-order chi connectivity index (χ1) is 10.5. The van der Waals surface area contributed by atoms with E-state index in [0.29, 0.717) is 13.1 Å². The van der Waals surface area contributed by atoms with E-state index in [9.17, 15) is 0 Å². The topological polar surface area (TPSA) is 90.9 Å². The fraction of sp³-hybridized carbons (Fsp3) is 0.533. The zero-order valence-electron chi connectivity index (χ0n) is 13.6. The molecular formula is C15H24N6O. The van der Waals surface area contributed by atoms with Crippen molar-refractivity contribution in [3.8, 4) is 5.75 Å². The molecule has 0 aliphatic heterocycles. The van der Waals surface area contributed by atoms with Crippen LogP contribution in [0.4, 0.5) is 0 Å². The number of nitrogens with two attached hydrogens (primary N) is 1. The van der Waals surface area contributed by atoms with Gasteiger partial charge in [0.25, 0.3) is 0 Å². The first kappa shape index (κ1) is 16.4. The quantitative estimate of drug-likeness (QED) is 0.829. The molecule has 0 saturated carbocycles. The van der Waals surface area contributed by atoms with Crippen LogP contribution in [0.2, 0.25) is 0 Å². The smallest absolute Gasteiger partial charge is 0.173 e. The summed E-state index contributed by atoms with van der Waals surface area (Å²) in [5.41, 5.74) is 6.47. The molecule has 3 N–H and O–H groups in total. The SMILES string of the molecule is COc1cccc(C(NCCN)c2nnnn2C(C)(C)C)c1. The van der Waals surface area contributed by atoms with Crippen molar-refractivity contribution >= 4 is 0 Å². The molecule has 0 radical (unpaired) electrons. The fourth-order valence-electron chi connectivity index (χ4n) is 2.26. The third kappa shape index (κ3) is 3.61. The predicted octanol–water partition coefficient (Wildman–Crippen LogP) is 1.07. The second kappa shape index (κ2) is 6.85. The van der Waals surface area contributed by atoms with Gasteiger partial charge in [0.2, 0.25) is 0 Å². The number of aromatic nitrogens is 4. The Labute approximate surface area is 130 Å². The molecule has 0 amide bonds. The van der Waals surface area contributed by atoms with E-state index in [2.05, 4.69) is 41.6 Å². The monoisotopic (exact) mass is 304 g/mol. The molecule has 7 nitrogen and oxygen atoms in total. The number of nitrogens with one attached hydrogen (secondary N) is 1. The lowest BCUT2D eigenvalue weighted by atomic mass is 10.0. The minimum Gasteiger partial charge on any atom is -0.497 e. The number of nitrogens with zero attached hydrogens (tertiary/aromatic N) is 4. The molecule has 0 bridgehead atoms. The van der Waals surface area contributed by atoms with E-state index in [-0.39, 0.29) is 11.6 Å². The summed E-state index contributed by atoms with van der Waals surface area (Å²) < 4.78 is 7.15. The van der Waals surface area contributed by atoms with Crippen molar-refractivity contribution in [2.24, 2.45) is 5.73 Å². The van der Waals surface area contributed by atoms with Gasteiger partial charge in [-0.15, -0.1) is 5.10 Å². The van der Waals surface area contributed by atoms with E-state index in [1.165, 1.54) is 0 Å². The minimum atomic E-state index is -0.208. The fourth-order valence-corrected chi connectivity index (χ4v) is 2.26. The van der Waals surface area contributed by atoms with E-state index in [4.69, 9.17) is 10.5 Å². The molecule has 0 spiro atoms. The Morgan fingerprint density at radius 1 is 1.36 bits per heavy atom. The van der Waals surface area contributed by atoms with Crippen molar-refractivity contribution in [3.05, 3.63) is 35.7 Å². The van der Waals surface area contributed by atoms with E-state index in [1.807, 2.05) is 28.9 Å². The Morgan fingerprint density at radius 2 is 2.14 bits per heavy atom. The molecule has 0 fully saturated rings. The van der Waals surface area contributed by atoms with Gasteiger partial charge in [-0.05, 0) is 48.9 Å². The maximum atomic E-state index is 5.64. The Bertz CT molecular complexity index is 604. The molecule has 2 aromatic rings. The molecule has 0 aliphatic carbocycles. The summed E-state index contributed by atoms with van der Waals surface area (Å²) in [6.07, 6.45) is 0. The summed E-state index contributed by atoms with van der Waals surface area (Å²) in [6, 6.07) is 7.73. The molecule has 22 heavy (non-hydrogen) atoms. The second-order valence-corrected chi connectivity index (χ2v) is 6.07. The zero-order chi connectivity index (χ0) is 16.2. The third-order valence-electron chi connectivity index (χ3n) is 3.31. The molecular weight excluding hydrogens is 280 g/mol. The normalized spacial score (nSPS) is 13.1. The van der Waals surface area contributed by atoms with Gasteiger partial charge in [0, 0.05) is 13.1 Å². The number of hydrogen-bond acceptors (Lipinski definition) is 6. The number of methoxy groups -OCH3 is 1. The molecule has 1 heterocycles. The van der Waals surface area contributed by atoms with Gasteiger partial charge in [-0.2, -0.15) is 0 Å². The van der Waals surface area contributed by atoms with Gasteiger partial charge in [-0.1, -0.05) is 12.1 Å². The van der Waals surface area contributed by atoms with Crippen LogP contribution in [-0.2, 0) is 5.54 Å². The first-order valence-corrected chi connectivity index (χ1v) is 7.33. The highest BCUT2D eigenvalue weighted by Gasteiger charge is 2.26. The highest BCUT2D eigenvalue weighted by molar-refractivity contribution is 5.33. The summed E-state index contributed by atoms with van der Waals surface area (Å²) in [7, 11) is 1.65. The Morgan fingerprint density at radius 3 is 2.77 bits per heavy atom. The van der Waals surface area contributed by atoms with Gasteiger partial charge in [-0.3, -0.25) is 0 Å². The van der Waals surface area contributed by atoms with Gasteiger partial charge in [0.05, 0.1) is 18.7 Å². The molecule has 0 saturated heterocycles. The van der Waals surface area contributed by atoms with Gasteiger partial charge in [0.1, 0.15) is 5.75 Å². The van der Waals surface area contributed by atoms with E-state index >= 15 is 0 Å². The van der Waals surface area contributed by atoms with Gasteiger partial charge in [0.15, 0.2) is 5.82 Å². The van der Waals surface area contributed by atoms with Crippen LogP contribution in [0.25, 0.3) is 0 Å². The summed E-state index contributed by atoms with van der Waals surface area (Å²) in [6.45, 7) is 7.41. The van der Waals surface area contributed by atoms with E-state index in [0.717, 1.165) is 17.1 Å². The van der Waals surface area contributed by atoms with Crippen LogP contribution in [-0.4, -0.2) is 40.4 Å². The molecule has 1 aromatic heterocycles. The maximum absolute atomic E-state index is 5.64. The summed E-state index contributed by atoms with van der Waals surface area (Å²) >= 11 is 0. The van der Waals surface area contributed by atoms with E-state index in [1.54, 1.807) is 7.11 Å². The molecule has 0 aliphatic rings. The first-order valence-electron chi connectivity index (χ1n) is 7.33. The van der Waals surface area contributed by atoms with Crippen LogP contribution in [0.3, 0.4) is 0 Å². The van der Waals surface area contributed by atoms with Gasteiger partial charge in [-0.25, -0.2) is 4.68 Å². The number of ether oxygens (including phenoxy) is 1. The lowest BCUT2D eigenvalue weighted by Crippen LogP contribution is -2.34. The molecule has 1 unspecified atom stereocenters. The van der Waals surface area contributed by atoms with Crippen molar-refractivity contribution < 1.29 is 4.74 Å². The highest BCUT2D eigenvalue weighted by Crippen LogP contribution is 2.26. The van der Waals surface area contributed by atoms with Crippen molar-refractivity contribution in [3.63, 3.8) is 0 Å². The number of rotatable bonds is 6. The Balaban J connectivity index is 2.44. The molecule has 120 valence electrons. The van der Waals surface area contributed by atoms with Crippen molar-refractivity contribution in [1.29, 1.82) is 0 Å². The average molecular weight is 304 g/mol.